The molecule has 25 heavy (non-hydrogen) atoms. The van der Waals surface area contributed by atoms with Gasteiger partial charge in [-0.1, -0.05) is 19.3 Å². The van der Waals surface area contributed by atoms with E-state index in [4.69, 9.17) is 0 Å². The molecule has 3 rings (SSSR count). The summed E-state index contributed by atoms with van der Waals surface area (Å²) in [6.45, 7) is 5.22. The monoisotopic (exact) mass is 364 g/mol. The third kappa shape index (κ3) is 3.60. The van der Waals surface area contributed by atoms with E-state index in [1.54, 1.807) is 6.92 Å². The Bertz CT molecular complexity index is 773. The maximum Gasteiger partial charge on any atom is 0.253 e. The number of fused-ring (bicyclic) bond motifs is 1. The standard InChI is InChI=1S/C19H28N2O3S/c1-13-10-17(11-18(14(13)2)25(23,24)20-3)19(22)21-9-8-15-6-4-5-7-16(15)12-21/h10-11,15-16,20H,4-9,12H2,1-3H3/t15-,16+/m1/s1. The number of carbonyl (C=O) groups excluding carboxylic acids is 1. The number of likely N-dealkylation sites (tertiary alicyclic amines) is 1. The lowest BCUT2D eigenvalue weighted by atomic mass is 9.75. The van der Waals surface area contributed by atoms with Gasteiger partial charge in [-0.25, -0.2) is 13.1 Å². The van der Waals surface area contributed by atoms with E-state index in [0.29, 0.717) is 17.0 Å². The largest absolute Gasteiger partial charge is 0.338 e. The first-order valence-electron chi connectivity index (χ1n) is 9.17. The van der Waals surface area contributed by atoms with E-state index in [1.165, 1.54) is 38.8 Å². The predicted molar refractivity (Wildman–Crippen MR) is 98.1 cm³/mol. The number of hydrogen-bond donors (Lipinski definition) is 1. The van der Waals surface area contributed by atoms with Gasteiger partial charge in [0.05, 0.1) is 4.90 Å². The number of piperidine rings is 1. The van der Waals surface area contributed by atoms with Crippen molar-refractivity contribution in [2.45, 2.75) is 50.8 Å². The van der Waals surface area contributed by atoms with Gasteiger partial charge in [0.2, 0.25) is 10.0 Å². The Morgan fingerprint density at radius 1 is 1.12 bits per heavy atom. The van der Waals surface area contributed by atoms with Crippen molar-refractivity contribution in [1.82, 2.24) is 9.62 Å². The summed E-state index contributed by atoms with van der Waals surface area (Å²) in [5.41, 5.74) is 2.00. The summed E-state index contributed by atoms with van der Waals surface area (Å²) >= 11 is 0. The number of nitrogens with one attached hydrogen (secondary N) is 1. The topological polar surface area (TPSA) is 66.5 Å². The van der Waals surface area contributed by atoms with E-state index < -0.39 is 10.0 Å². The third-order valence-electron chi connectivity index (χ3n) is 6.00. The molecular weight excluding hydrogens is 336 g/mol. The zero-order chi connectivity index (χ0) is 18.2. The predicted octanol–water partition coefficient (Wildman–Crippen LogP) is 2.86. The number of hydrogen-bond acceptors (Lipinski definition) is 3. The van der Waals surface area contributed by atoms with Crippen molar-refractivity contribution >= 4 is 15.9 Å². The molecule has 0 unspecified atom stereocenters. The molecule has 138 valence electrons. The quantitative estimate of drug-likeness (QED) is 0.897. The van der Waals surface area contributed by atoms with Crippen LogP contribution in [0.1, 0.15) is 53.6 Å². The van der Waals surface area contributed by atoms with Crippen molar-refractivity contribution in [3.63, 3.8) is 0 Å². The normalized spacial score (nSPS) is 24.0. The van der Waals surface area contributed by atoms with Crippen LogP contribution in [-0.4, -0.2) is 39.4 Å². The van der Waals surface area contributed by atoms with Gasteiger partial charge in [-0.05, 0) is 68.8 Å². The minimum absolute atomic E-state index is 0.0420. The van der Waals surface area contributed by atoms with Crippen molar-refractivity contribution in [3.8, 4) is 0 Å². The Labute approximate surface area is 150 Å². The Morgan fingerprint density at radius 3 is 2.48 bits per heavy atom. The zero-order valence-corrected chi connectivity index (χ0v) is 16.2. The fourth-order valence-electron chi connectivity index (χ4n) is 4.31. The Kier molecular flexibility index (Phi) is 5.21. The van der Waals surface area contributed by atoms with Crippen LogP contribution in [0, 0.1) is 25.7 Å². The summed E-state index contributed by atoms with van der Waals surface area (Å²) in [5.74, 6) is 1.33. The minimum atomic E-state index is -3.58. The fourth-order valence-corrected chi connectivity index (χ4v) is 5.37. The average molecular weight is 365 g/mol. The molecule has 6 heteroatoms. The maximum absolute atomic E-state index is 13.0. The molecule has 1 aliphatic heterocycles. The van der Waals surface area contributed by atoms with E-state index in [9.17, 15) is 13.2 Å². The van der Waals surface area contributed by atoms with Crippen LogP contribution in [0.15, 0.2) is 17.0 Å². The van der Waals surface area contributed by atoms with Gasteiger partial charge in [-0.15, -0.1) is 0 Å². The number of carbonyl (C=O) groups is 1. The maximum atomic E-state index is 13.0. The van der Waals surface area contributed by atoms with Gasteiger partial charge in [0.15, 0.2) is 0 Å². The summed E-state index contributed by atoms with van der Waals surface area (Å²) in [6, 6.07) is 3.35. The lowest BCUT2D eigenvalue weighted by Crippen LogP contribution is -2.44. The zero-order valence-electron chi connectivity index (χ0n) is 15.3. The summed E-state index contributed by atoms with van der Waals surface area (Å²) in [6.07, 6.45) is 6.15. The highest BCUT2D eigenvalue weighted by atomic mass is 32.2. The van der Waals surface area contributed by atoms with E-state index in [0.717, 1.165) is 31.0 Å². The number of aryl methyl sites for hydroxylation is 1. The molecule has 1 aromatic rings. The van der Waals surface area contributed by atoms with Gasteiger partial charge < -0.3 is 4.90 Å². The smallest absolute Gasteiger partial charge is 0.253 e. The SMILES string of the molecule is CNS(=O)(=O)c1cc(C(=O)N2CC[C@H]3CCCC[C@H]3C2)cc(C)c1C. The molecule has 1 N–H and O–H groups in total. The molecule has 5 nitrogen and oxygen atoms in total. The number of sulfonamides is 1. The number of nitrogens with zero attached hydrogens (tertiary/aromatic N) is 1. The molecule has 1 aliphatic carbocycles. The van der Waals surface area contributed by atoms with E-state index in [1.807, 2.05) is 17.9 Å². The van der Waals surface area contributed by atoms with Gasteiger partial charge >= 0.3 is 0 Å². The Morgan fingerprint density at radius 2 is 1.80 bits per heavy atom. The number of rotatable bonds is 3. The average Bonchev–Trinajstić information content (AvgIpc) is 2.62. The lowest BCUT2D eigenvalue weighted by Gasteiger charge is -2.41. The van der Waals surface area contributed by atoms with E-state index in [2.05, 4.69) is 4.72 Å². The molecule has 1 amide bonds. The first-order valence-corrected chi connectivity index (χ1v) is 10.7. The first kappa shape index (κ1) is 18.4. The van der Waals surface area contributed by atoms with Crippen LogP contribution >= 0.6 is 0 Å². The van der Waals surface area contributed by atoms with Gasteiger partial charge in [0.25, 0.3) is 5.91 Å². The first-order chi connectivity index (χ1) is 11.8. The molecule has 1 saturated carbocycles. The molecular formula is C19H28N2O3S. The molecule has 1 aromatic carbocycles. The van der Waals surface area contributed by atoms with Crippen LogP contribution in [0.5, 0.6) is 0 Å². The summed E-state index contributed by atoms with van der Waals surface area (Å²) in [7, 11) is -2.18. The van der Waals surface area contributed by atoms with Gasteiger partial charge in [-0.2, -0.15) is 0 Å². The molecule has 0 bridgehead atoms. The molecule has 0 radical (unpaired) electrons. The second-order valence-corrected chi connectivity index (χ2v) is 9.32. The van der Waals surface area contributed by atoms with Crippen molar-refractivity contribution in [3.05, 3.63) is 28.8 Å². The van der Waals surface area contributed by atoms with Gasteiger partial charge in [0, 0.05) is 18.7 Å². The highest BCUT2D eigenvalue weighted by Gasteiger charge is 2.33. The third-order valence-corrected chi connectivity index (χ3v) is 7.54. The fraction of sp³-hybridized carbons (Fsp3) is 0.632. The van der Waals surface area contributed by atoms with Crippen LogP contribution in [0.4, 0.5) is 0 Å². The molecule has 0 aromatic heterocycles. The van der Waals surface area contributed by atoms with E-state index in [-0.39, 0.29) is 10.8 Å². The second-order valence-electron chi connectivity index (χ2n) is 7.47. The Balaban J connectivity index is 1.87. The van der Waals surface area contributed by atoms with Crippen LogP contribution in [0.3, 0.4) is 0 Å². The Hall–Kier alpha value is -1.40. The van der Waals surface area contributed by atoms with Gasteiger partial charge in [0.1, 0.15) is 0 Å². The van der Waals surface area contributed by atoms with Crippen molar-refractivity contribution < 1.29 is 13.2 Å². The lowest BCUT2D eigenvalue weighted by molar-refractivity contribution is 0.0520. The highest BCUT2D eigenvalue weighted by molar-refractivity contribution is 7.89. The van der Waals surface area contributed by atoms with Crippen molar-refractivity contribution in [2.24, 2.45) is 11.8 Å². The highest BCUT2D eigenvalue weighted by Crippen LogP contribution is 2.36. The van der Waals surface area contributed by atoms with Crippen LogP contribution in [0.2, 0.25) is 0 Å². The van der Waals surface area contributed by atoms with Gasteiger partial charge in [-0.3, -0.25) is 4.79 Å². The molecule has 2 aliphatic rings. The van der Waals surface area contributed by atoms with Crippen molar-refractivity contribution in [2.75, 3.05) is 20.1 Å². The minimum Gasteiger partial charge on any atom is -0.338 e. The molecule has 2 fully saturated rings. The molecule has 1 heterocycles. The summed E-state index contributed by atoms with van der Waals surface area (Å²) < 4.78 is 26.9. The molecule has 0 spiro atoms. The molecule has 2 atom stereocenters. The summed E-state index contributed by atoms with van der Waals surface area (Å²) in [4.78, 5) is 15.1. The number of benzene rings is 1. The van der Waals surface area contributed by atoms with Crippen LogP contribution < -0.4 is 4.72 Å². The summed E-state index contributed by atoms with van der Waals surface area (Å²) in [5, 5.41) is 0. The van der Waals surface area contributed by atoms with Crippen LogP contribution in [-0.2, 0) is 10.0 Å². The van der Waals surface area contributed by atoms with Crippen LogP contribution in [0.25, 0.3) is 0 Å². The number of amides is 1. The van der Waals surface area contributed by atoms with Crippen molar-refractivity contribution in [1.29, 1.82) is 0 Å². The van der Waals surface area contributed by atoms with E-state index >= 15 is 0 Å². The molecule has 1 saturated heterocycles. The second kappa shape index (κ2) is 7.08.